The molecular formula is C22H41F2N3O. The van der Waals surface area contributed by atoms with Gasteiger partial charge in [-0.15, -0.1) is 0 Å². The van der Waals surface area contributed by atoms with Crippen molar-refractivity contribution in [3.05, 3.63) is 0 Å². The Hall–Kier alpha value is -0.590. The molecule has 3 atom stereocenters. The number of likely N-dealkylation sites (tertiary alicyclic amines) is 1. The van der Waals surface area contributed by atoms with Crippen LogP contribution in [0.2, 0.25) is 0 Å². The standard InChI is InChI=1S/C22H41F2N3O/c1-6-25-11-13-26(14-12-25)15-21(28)18(4)7-8-19(5)27-10-9-20(17(2)3)22(23,24)16-27/h17-20H,6-16H2,1-5H3. The van der Waals surface area contributed by atoms with E-state index in [1.165, 1.54) is 0 Å². The largest absolute Gasteiger partial charge is 0.301 e. The van der Waals surface area contributed by atoms with Crippen molar-refractivity contribution in [1.82, 2.24) is 14.7 Å². The lowest BCUT2D eigenvalue weighted by Gasteiger charge is -2.42. The Kier molecular flexibility index (Phi) is 8.83. The Morgan fingerprint density at radius 1 is 1.00 bits per heavy atom. The van der Waals surface area contributed by atoms with Gasteiger partial charge in [-0.2, -0.15) is 0 Å². The summed E-state index contributed by atoms with van der Waals surface area (Å²) in [5.74, 6) is -2.81. The summed E-state index contributed by atoms with van der Waals surface area (Å²) in [7, 11) is 0. The fourth-order valence-corrected chi connectivity index (χ4v) is 4.66. The van der Waals surface area contributed by atoms with E-state index in [9.17, 15) is 13.6 Å². The summed E-state index contributed by atoms with van der Waals surface area (Å²) in [6.07, 6.45) is 2.15. The molecule has 2 aliphatic heterocycles. The lowest BCUT2D eigenvalue weighted by molar-refractivity contribution is -0.133. The number of piperidine rings is 1. The molecule has 0 aromatic heterocycles. The molecule has 2 heterocycles. The quantitative estimate of drug-likeness (QED) is 0.590. The highest BCUT2D eigenvalue weighted by molar-refractivity contribution is 5.82. The van der Waals surface area contributed by atoms with E-state index in [1.807, 2.05) is 32.6 Å². The first-order valence-electron chi connectivity index (χ1n) is 11.2. The van der Waals surface area contributed by atoms with Crippen LogP contribution in [0.4, 0.5) is 8.78 Å². The van der Waals surface area contributed by atoms with Gasteiger partial charge in [0.25, 0.3) is 5.92 Å². The Morgan fingerprint density at radius 2 is 1.61 bits per heavy atom. The molecule has 28 heavy (non-hydrogen) atoms. The van der Waals surface area contributed by atoms with Crippen molar-refractivity contribution in [2.45, 2.75) is 65.8 Å². The minimum absolute atomic E-state index is 0.000341. The number of carbonyl (C=O) groups excluding carboxylic acids is 1. The number of nitrogens with zero attached hydrogens (tertiary/aromatic N) is 3. The van der Waals surface area contributed by atoms with Crippen LogP contribution in [0, 0.1) is 17.8 Å². The molecule has 0 aromatic carbocycles. The predicted molar refractivity (Wildman–Crippen MR) is 111 cm³/mol. The van der Waals surface area contributed by atoms with Gasteiger partial charge in [0.15, 0.2) is 0 Å². The summed E-state index contributed by atoms with van der Waals surface area (Å²) < 4.78 is 28.9. The van der Waals surface area contributed by atoms with E-state index < -0.39 is 11.8 Å². The molecular weight excluding hydrogens is 360 g/mol. The second-order valence-corrected chi connectivity index (χ2v) is 9.37. The Labute approximate surface area is 170 Å². The molecule has 0 bridgehead atoms. The van der Waals surface area contributed by atoms with Crippen molar-refractivity contribution in [2.24, 2.45) is 17.8 Å². The number of halogens is 2. The summed E-state index contributed by atoms with van der Waals surface area (Å²) in [5.41, 5.74) is 0. The van der Waals surface area contributed by atoms with Gasteiger partial charge in [0, 0.05) is 44.1 Å². The number of carbonyl (C=O) groups is 1. The van der Waals surface area contributed by atoms with E-state index in [2.05, 4.69) is 16.7 Å². The van der Waals surface area contributed by atoms with Gasteiger partial charge in [0.2, 0.25) is 0 Å². The second-order valence-electron chi connectivity index (χ2n) is 9.37. The number of likely N-dealkylation sites (N-methyl/N-ethyl adjacent to an activating group) is 1. The summed E-state index contributed by atoms with van der Waals surface area (Å²) >= 11 is 0. The summed E-state index contributed by atoms with van der Waals surface area (Å²) in [4.78, 5) is 19.2. The third-order valence-corrected chi connectivity index (χ3v) is 6.97. The zero-order valence-electron chi connectivity index (χ0n) is 18.6. The number of piperazine rings is 1. The lowest BCUT2D eigenvalue weighted by atomic mass is 9.83. The van der Waals surface area contributed by atoms with Crippen LogP contribution in [0.15, 0.2) is 0 Å². The maximum absolute atomic E-state index is 14.5. The molecule has 6 heteroatoms. The molecule has 2 rings (SSSR count). The van der Waals surface area contributed by atoms with Crippen molar-refractivity contribution < 1.29 is 13.6 Å². The average molecular weight is 402 g/mol. The van der Waals surface area contributed by atoms with Crippen LogP contribution < -0.4 is 0 Å². The van der Waals surface area contributed by atoms with Crippen LogP contribution in [0.3, 0.4) is 0 Å². The van der Waals surface area contributed by atoms with E-state index >= 15 is 0 Å². The molecule has 164 valence electrons. The topological polar surface area (TPSA) is 26.8 Å². The summed E-state index contributed by atoms with van der Waals surface area (Å²) in [6.45, 7) is 16.2. The molecule has 0 spiro atoms. The van der Waals surface area contributed by atoms with Gasteiger partial charge in [-0.05, 0) is 45.2 Å². The van der Waals surface area contributed by atoms with Gasteiger partial charge >= 0.3 is 0 Å². The van der Waals surface area contributed by atoms with Crippen molar-refractivity contribution >= 4 is 5.78 Å². The first kappa shape index (κ1) is 23.7. The zero-order valence-corrected chi connectivity index (χ0v) is 18.6. The SMILES string of the molecule is CCN1CCN(CC(=O)C(C)CCC(C)N2CCC(C(C)C)C(F)(F)C2)CC1. The molecule has 4 nitrogen and oxygen atoms in total. The first-order chi connectivity index (χ1) is 13.1. The molecule has 0 amide bonds. The van der Waals surface area contributed by atoms with E-state index in [1.54, 1.807) is 0 Å². The van der Waals surface area contributed by atoms with Gasteiger partial charge < -0.3 is 4.90 Å². The van der Waals surface area contributed by atoms with Crippen LogP contribution in [0.1, 0.15) is 53.9 Å². The van der Waals surface area contributed by atoms with E-state index in [4.69, 9.17) is 0 Å². The smallest absolute Gasteiger partial charge is 0.263 e. The highest BCUT2D eigenvalue weighted by atomic mass is 19.3. The lowest BCUT2D eigenvalue weighted by Crippen LogP contribution is -2.52. The van der Waals surface area contributed by atoms with Gasteiger partial charge in [-0.3, -0.25) is 14.6 Å². The normalized spacial score (nSPS) is 27.1. The number of hydrogen-bond acceptors (Lipinski definition) is 4. The molecule has 2 aliphatic rings. The number of ketones is 1. The molecule has 0 N–H and O–H groups in total. The number of rotatable bonds is 9. The molecule has 2 fully saturated rings. The van der Waals surface area contributed by atoms with E-state index in [-0.39, 0.29) is 24.4 Å². The van der Waals surface area contributed by atoms with Gasteiger partial charge in [0.05, 0.1) is 13.1 Å². The molecule has 0 aromatic rings. The zero-order chi connectivity index (χ0) is 20.9. The minimum atomic E-state index is -2.61. The maximum Gasteiger partial charge on any atom is 0.263 e. The van der Waals surface area contributed by atoms with Crippen molar-refractivity contribution in [2.75, 3.05) is 52.4 Å². The van der Waals surface area contributed by atoms with Crippen molar-refractivity contribution in [1.29, 1.82) is 0 Å². The second kappa shape index (κ2) is 10.4. The highest BCUT2D eigenvalue weighted by Gasteiger charge is 2.46. The monoisotopic (exact) mass is 401 g/mol. The number of Topliss-reactive ketones (excluding diaryl/α,β-unsaturated/α-hetero) is 1. The molecule has 0 saturated carbocycles. The van der Waals surface area contributed by atoms with Gasteiger partial charge in [-0.1, -0.05) is 27.7 Å². The summed E-state index contributed by atoms with van der Waals surface area (Å²) in [6, 6.07) is 0.0994. The first-order valence-corrected chi connectivity index (χ1v) is 11.2. The maximum atomic E-state index is 14.5. The van der Waals surface area contributed by atoms with Crippen molar-refractivity contribution in [3.8, 4) is 0 Å². The fourth-order valence-electron chi connectivity index (χ4n) is 4.66. The number of hydrogen-bond donors (Lipinski definition) is 0. The Morgan fingerprint density at radius 3 is 2.14 bits per heavy atom. The molecule has 0 radical (unpaired) electrons. The average Bonchev–Trinajstić information content (AvgIpc) is 2.65. The fraction of sp³-hybridized carbons (Fsp3) is 0.955. The van der Waals surface area contributed by atoms with E-state index in [0.717, 1.165) is 52.1 Å². The van der Waals surface area contributed by atoms with Crippen molar-refractivity contribution in [3.63, 3.8) is 0 Å². The summed E-state index contributed by atoms with van der Waals surface area (Å²) in [5, 5.41) is 0. The Bertz CT molecular complexity index is 492. The highest BCUT2D eigenvalue weighted by Crippen LogP contribution is 2.38. The molecule has 0 aliphatic carbocycles. The Balaban J connectivity index is 1.73. The van der Waals surface area contributed by atoms with Crippen LogP contribution in [0.5, 0.6) is 0 Å². The molecule has 2 saturated heterocycles. The van der Waals surface area contributed by atoms with Crippen LogP contribution in [0.25, 0.3) is 0 Å². The van der Waals surface area contributed by atoms with Gasteiger partial charge in [0.1, 0.15) is 5.78 Å². The third-order valence-electron chi connectivity index (χ3n) is 6.97. The predicted octanol–water partition coefficient (Wildman–Crippen LogP) is 3.61. The van der Waals surface area contributed by atoms with Crippen LogP contribution in [-0.2, 0) is 4.79 Å². The van der Waals surface area contributed by atoms with Crippen LogP contribution in [-0.4, -0.2) is 84.8 Å². The number of alkyl halides is 2. The minimum Gasteiger partial charge on any atom is -0.301 e. The third kappa shape index (κ3) is 6.46. The van der Waals surface area contributed by atoms with Crippen LogP contribution >= 0.6 is 0 Å². The van der Waals surface area contributed by atoms with Gasteiger partial charge in [-0.25, -0.2) is 8.78 Å². The van der Waals surface area contributed by atoms with E-state index in [0.29, 0.717) is 18.7 Å². The molecule has 3 unspecified atom stereocenters.